The zero-order valence-electron chi connectivity index (χ0n) is 20.6. The van der Waals surface area contributed by atoms with E-state index in [1.165, 1.54) is 27.0 Å². The van der Waals surface area contributed by atoms with E-state index in [9.17, 15) is 0 Å². The van der Waals surface area contributed by atoms with Gasteiger partial charge in [0, 0.05) is 5.56 Å². The van der Waals surface area contributed by atoms with E-state index in [0.717, 1.165) is 23.4 Å². The molecule has 2 nitrogen and oxygen atoms in total. The number of ether oxygens (including phenoxy) is 1. The van der Waals surface area contributed by atoms with Gasteiger partial charge in [0.2, 0.25) is 5.90 Å². The number of hydrogen-bond donors (Lipinski definition) is 0. The first-order chi connectivity index (χ1) is 18.4. The zero-order chi connectivity index (χ0) is 24.9. The Bertz CT molecular complexity index is 1460. The molecule has 0 N–H and O–H groups in total. The van der Waals surface area contributed by atoms with Crippen molar-refractivity contribution in [2.75, 3.05) is 6.61 Å². The molecule has 1 atom stereocenters. The summed E-state index contributed by atoms with van der Waals surface area (Å²) in [7, 11) is -0.738. The van der Waals surface area contributed by atoms with Gasteiger partial charge in [-0.25, -0.2) is 4.99 Å². The van der Waals surface area contributed by atoms with Gasteiger partial charge in [-0.1, -0.05) is 133 Å². The van der Waals surface area contributed by atoms with E-state index in [1.807, 2.05) is 0 Å². The first kappa shape index (κ1) is 23.4. The maximum atomic E-state index is 6.21. The summed E-state index contributed by atoms with van der Waals surface area (Å²) in [4.78, 5) is 5.03. The van der Waals surface area contributed by atoms with Crippen molar-refractivity contribution >= 4 is 29.7 Å². The molecule has 1 heterocycles. The highest BCUT2D eigenvalue weighted by molar-refractivity contribution is 7.80. The van der Waals surface area contributed by atoms with Crippen LogP contribution >= 0.6 is 7.92 Å². The van der Waals surface area contributed by atoms with Crippen molar-refractivity contribution in [3.05, 3.63) is 151 Å². The Morgan fingerprint density at radius 1 is 0.568 bits per heavy atom. The first-order valence-corrected chi connectivity index (χ1v) is 14.0. The lowest BCUT2D eigenvalue weighted by Crippen LogP contribution is -2.22. The molecule has 37 heavy (non-hydrogen) atoms. The lowest BCUT2D eigenvalue weighted by molar-refractivity contribution is 0.317. The fourth-order valence-electron chi connectivity index (χ4n) is 4.94. The van der Waals surface area contributed by atoms with Crippen LogP contribution in [0.2, 0.25) is 0 Å². The second kappa shape index (κ2) is 10.9. The number of benzene rings is 5. The van der Waals surface area contributed by atoms with E-state index in [1.54, 1.807) is 0 Å². The van der Waals surface area contributed by atoms with Crippen LogP contribution in [0.4, 0.5) is 0 Å². The molecule has 0 saturated heterocycles. The highest BCUT2D eigenvalue weighted by atomic mass is 31.1. The van der Waals surface area contributed by atoms with E-state index in [4.69, 9.17) is 9.73 Å². The second-order valence-electron chi connectivity index (χ2n) is 9.16. The molecule has 0 fully saturated rings. The van der Waals surface area contributed by atoms with Crippen LogP contribution in [-0.4, -0.2) is 18.5 Å². The van der Waals surface area contributed by atoms with Gasteiger partial charge in [0.15, 0.2) is 0 Å². The van der Waals surface area contributed by atoms with Gasteiger partial charge in [-0.15, -0.1) is 0 Å². The molecule has 0 unspecified atom stereocenters. The maximum absolute atomic E-state index is 6.21. The molecule has 0 aromatic heterocycles. The molecule has 0 saturated carbocycles. The van der Waals surface area contributed by atoms with Gasteiger partial charge in [0.25, 0.3) is 0 Å². The van der Waals surface area contributed by atoms with Crippen molar-refractivity contribution in [1.82, 2.24) is 0 Å². The van der Waals surface area contributed by atoms with Gasteiger partial charge in [-0.3, -0.25) is 0 Å². The van der Waals surface area contributed by atoms with Gasteiger partial charge >= 0.3 is 0 Å². The second-order valence-corrected chi connectivity index (χ2v) is 11.3. The van der Waals surface area contributed by atoms with Crippen LogP contribution in [0.3, 0.4) is 0 Å². The van der Waals surface area contributed by atoms with Crippen LogP contribution in [0.25, 0.3) is 11.1 Å². The Hall–Kier alpha value is -4.00. The van der Waals surface area contributed by atoms with Gasteiger partial charge in [-0.05, 0) is 53.0 Å². The molecule has 0 bridgehead atoms. The molecule has 1 aliphatic rings. The third kappa shape index (κ3) is 5.12. The van der Waals surface area contributed by atoms with Crippen molar-refractivity contribution in [2.45, 2.75) is 12.5 Å². The summed E-state index contributed by atoms with van der Waals surface area (Å²) in [6.45, 7) is 0.612. The summed E-state index contributed by atoms with van der Waals surface area (Å²) in [5.74, 6) is 0.745. The lowest BCUT2D eigenvalue weighted by Gasteiger charge is -2.23. The molecular weight excluding hydrogens is 469 g/mol. The van der Waals surface area contributed by atoms with Crippen LogP contribution in [0.5, 0.6) is 0 Å². The number of nitrogens with zero attached hydrogens (tertiary/aromatic N) is 1. The van der Waals surface area contributed by atoms with E-state index in [2.05, 4.69) is 140 Å². The van der Waals surface area contributed by atoms with Crippen LogP contribution in [0.1, 0.15) is 11.1 Å². The Morgan fingerprint density at radius 2 is 1.08 bits per heavy atom. The summed E-state index contributed by atoms with van der Waals surface area (Å²) in [6, 6.07) is 49.7. The molecule has 0 aliphatic carbocycles. The van der Waals surface area contributed by atoms with E-state index in [0.29, 0.717) is 6.61 Å². The summed E-state index contributed by atoms with van der Waals surface area (Å²) >= 11 is 0. The van der Waals surface area contributed by atoms with Gasteiger partial charge in [-0.2, -0.15) is 0 Å². The number of aliphatic imine (C=N–C) groups is 1. The standard InChI is InChI=1S/C34H28NOP/c1-4-14-26(15-5-1)24-27-25-36-34(35-27)32-22-11-10-20-30(32)31-21-12-13-23-33(31)37(28-16-6-2-7-17-28)29-18-8-3-9-19-29/h1-23,27H,24-25H2/t27-/m0/s1. The summed E-state index contributed by atoms with van der Waals surface area (Å²) in [6.07, 6.45) is 0.885. The predicted molar refractivity (Wildman–Crippen MR) is 157 cm³/mol. The van der Waals surface area contributed by atoms with Crippen LogP contribution < -0.4 is 15.9 Å². The van der Waals surface area contributed by atoms with Gasteiger partial charge in [0.05, 0.1) is 6.04 Å². The Kier molecular flexibility index (Phi) is 6.92. The minimum Gasteiger partial charge on any atom is -0.475 e. The number of rotatable bonds is 7. The van der Waals surface area contributed by atoms with Gasteiger partial charge in [0.1, 0.15) is 6.61 Å². The molecule has 0 amide bonds. The van der Waals surface area contributed by atoms with E-state index < -0.39 is 7.92 Å². The first-order valence-electron chi connectivity index (χ1n) is 12.7. The summed E-state index contributed by atoms with van der Waals surface area (Å²) in [5.41, 5.74) is 4.74. The SMILES string of the molecule is c1ccc(C[C@H]2COC(c3ccccc3-c3ccccc3P(c3ccccc3)c3ccccc3)=N2)cc1. The molecule has 6 rings (SSSR count). The third-order valence-corrected chi connectivity index (χ3v) is 9.15. The Morgan fingerprint density at radius 3 is 1.73 bits per heavy atom. The Labute approximate surface area is 220 Å². The molecule has 3 heteroatoms. The smallest absolute Gasteiger partial charge is 0.217 e. The number of hydrogen-bond acceptors (Lipinski definition) is 2. The monoisotopic (exact) mass is 497 g/mol. The van der Waals surface area contributed by atoms with E-state index in [-0.39, 0.29) is 6.04 Å². The van der Waals surface area contributed by atoms with Crippen molar-refractivity contribution in [2.24, 2.45) is 4.99 Å². The molecule has 1 aliphatic heterocycles. The van der Waals surface area contributed by atoms with Gasteiger partial charge < -0.3 is 4.74 Å². The third-order valence-electron chi connectivity index (χ3n) is 6.65. The summed E-state index contributed by atoms with van der Waals surface area (Å²) in [5, 5.41) is 4.01. The van der Waals surface area contributed by atoms with Crippen LogP contribution in [0.15, 0.2) is 145 Å². The highest BCUT2D eigenvalue weighted by Crippen LogP contribution is 2.38. The van der Waals surface area contributed by atoms with Crippen molar-refractivity contribution < 1.29 is 4.74 Å². The average molecular weight is 498 g/mol. The lowest BCUT2D eigenvalue weighted by atomic mass is 9.99. The molecule has 5 aromatic carbocycles. The normalized spacial score (nSPS) is 14.8. The van der Waals surface area contributed by atoms with E-state index >= 15 is 0 Å². The van der Waals surface area contributed by atoms with Crippen molar-refractivity contribution in [3.63, 3.8) is 0 Å². The fourth-order valence-corrected chi connectivity index (χ4v) is 7.40. The minimum absolute atomic E-state index is 0.131. The maximum Gasteiger partial charge on any atom is 0.217 e. The Balaban J connectivity index is 1.42. The van der Waals surface area contributed by atoms with Crippen molar-refractivity contribution in [1.29, 1.82) is 0 Å². The summed E-state index contributed by atoms with van der Waals surface area (Å²) < 4.78 is 6.21. The fraction of sp³-hybridized carbons (Fsp3) is 0.0882. The highest BCUT2D eigenvalue weighted by Gasteiger charge is 2.25. The van der Waals surface area contributed by atoms with Crippen molar-refractivity contribution in [3.8, 4) is 11.1 Å². The quantitative estimate of drug-likeness (QED) is 0.235. The largest absolute Gasteiger partial charge is 0.475 e. The zero-order valence-corrected chi connectivity index (χ0v) is 21.5. The molecule has 0 radical (unpaired) electrons. The molecule has 0 spiro atoms. The minimum atomic E-state index is -0.738. The average Bonchev–Trinajstić information content (AvgIpc) is 3.43. The molecule has 180 valence electrons. The topological polar surface area (TPSA) is 21.6 Å². The predicted octanol–water partition coefficient (Wildman–Crippen LogP) is 6.50. The van der Waals surface area contributed by atoms with Crippen LogP contribution in [0, 0.1) is 0 Å². The molecule has 5 aromatic rings. The molecular formula is C34H28NOP. The van der Waals surface area contributed by atoms with Crippen LogP contribution in [-0.2, 0) is 11.2 Å².